The first kappa shape index (κ1) is 14.4. The SMILES string of the molecule is CC(C)(C)NCc1nnnn1CC1CCCS1(=O)=O. The maximum absolute atomic E-state index is 11.8. The molecule has 0 aliphatic carbocycles. The summed E-state index contributed by atoms with van der Waals surface area (Å²) in [6.45, 7) is 7.06. The lowest BCUT2D eigenvalue weighted by Crippen LogP contribution is -2.36. The normalized spacial score (nSPS) is 22.8. The molecule has 1 unspecified atom stereocenters. The standard InChI is InChI=1S/C11H21N5O2S/c1-11(2,3)12-7-10-13-14-15-16(10)8-9-5-4-6-19(9,17)18/h9,12H,4-8H2,1-3H3. The molecular weight excluding hydrogens is 266 g/mol. The second kappa shape index (κ2) is 5.16. The summed E-state index contributed by atoms with van der Waals surface area (Å²) in [7, 11) is -2.96. The van der Waals surface area contributed by atoms with Gasteiger partial charge in [-0.3, -0.25) is 0 Å². The first-order valence-electron chi connectivity index (χ1n) is 6.49. The van der Waals surface area contributed by atoms with E-state index in [9.17, 15) is 8.42 Å². The van der Waals surface area contributed by atoms with Gasteiger partial charge in [0.15, 0.2) is 15.7 Å². The third-order valence-corrected chi connectivity index (χ3v) is 5.48. The number of rotatable bonds is 4. The Morgan fingerprint density at radius 3 is 2.74 bits per heavy atom. The van der Waals surface area contributed by atoms with Gasteiger partial charge in [-0.15, -0.1) is 5.10 Å². The molecule has 108 valence electrons. The average molecular weight is 287 g/mol. The van der Waals surface area contributed by atoms with Gasteiger partial charge in [-0.05, 0) is 44.0 Å². The predicted molar refractivity (Wildman–Crippen MR) is 71.2 cm³/mol. The van der Waals surface area contributed by atoms with Crippen molar-refractivity contribution < 1.29 is 8.42 Å². The van der Waals surface area contributed by atoms with Gasteiger partial charge in [-0.25, -0.2) is 13.1 Å². The van der Waals surface area contributed by atoms with Gasteiger partial charge in [-0.1, -0.05) is 0 Å². The van der Waals surface area contributed by atoms with E-state index in [-0.39, 0.29) is 16.5 Å². The topological polar surface area (TPSA) is 89.8 Å². The summed E-state index contributed by atoms with van der Waals surface area (Å²) in [6.07, 6.45) is 1.44. The fraction of sp³-hybridized carbons (Fsp3) is 0.909. The number of hydrogen-bond donors (Lipinski definition) is 1. The van der Waals surface area contributed by atoms with E-state index in [4.69, 9.17) is 0 Å². The van der Waals surface area contributed by atoms with Crippen molar-refractivity contribution in [3.63, 3.8) is 0 Å². The summed E-state index contributed by atoms with van der Waals surface area (Å²) >= 11 is 0. The first-order chi connectivity index (χ1) is 8.78. The molecule has 0 spiro atoms. The van der Waals surface area contributed by atoms with E-state index in [0.29, 0.717) is 25.3 Å². The van der Waals surface area contributed by atoms with E-state index in [2.05, 4.69) is 41.6 Å². The molecule has 1 aliphatic heterocycles. The Balaban J connectivity index is 2.04. The van der Waals surface area contributed by atoms with Crippen LogP contribution in [0.15, 0.2) is 0 Å². The molecule has 2 heterocycles. The van der Waals surface area contributed by atoms with Crippen LogP contribution in [0.2, 0.25) is 0 Å². The van der Waals surface area contributed by atoms with Crippen molar-refractivity contribution in [1.29, 1.82) is 0 Å². The lowest BCUT2D eigenvalue weighted by molar-refractivity contribution is 0.405. The highest BCUT2D eigenvalue weighted by Crippen LogP contribution is 2.21. The molecule has 0 saturated carbocycles. The molecule has 0 radical (unpaired) electrons. The van der Waals surface area contributed by atoms with Crippen LogP contribution >= 0.6 is 0 Å². The molecule has 1 aromatic heterocycles. The first-order valence-corrected chi connectivity index (χ1v) is 8.21. The van der Waals surface area contributed by atoms with E-state index >= 15 is 0 Å². The number of tetrazole rings is 1. The van der Waals surface area contributed by atoms with Crippen molar-refractivity contribution in [1.82, 2.24) is 25.5 Å². The van der Waals surface area contributed by atoms with Crippen LogP contribution in [0.5, 0.6) is 0 Å². The maximum Gasteiger partial charge on any atom is 0.165 e. The number of sulfone groups is 1. The van der Waals surface area contributed by atoms with E-state index in [1.807, 2.05) is 0 Å². The molecular formula is C11H21N5O2S. The second-order valence-electron chi connectivity index (χ2n) is 6.01. The van der Waals surface area contributed by atoms with Gasteiger partial charge in [0.05, 0.1) is 24.1 Å². The molecule has 0 amide bonds. The van der Waals surface area contributed by atoms with Gasteiger partial charge in [0.1, 0.15) is 0 Å². The smallest absolute Gasteiger partial charge is 0.165 e. The van der Waals surface area contributed by atoms with Crippen molar-refractivity contribution in [2.75, 3.05) is 5.75 Å². The molecule has 1 fully saturated rings. The fourth-order valence-electron chi connectivity index (χ4n) is 2.09. The van der Waals surface area contributed by atoms with Crippen molar-refractivity contribution in [3.05, 3.63) is 5.82 Å². The Morgan fingerprint density at radius 1 is 1.42 bits per heavy atom. The van der Waals surface area contributed by atoms with Crippen LogP contribution in [-0.2, 0) is 22.9 Å². The molecule has 0 bridgehead atoms. The second-order valence-corrected chi connectivity index (χ2v) is 8.41. The molecule has 1 N–H and O–H groups in total. The van der Waals surface area contributed by atoms with Crippen LogP contribution in [0.4, 0.5) is 0 Å². The highest BCUT2D eigenvalue weighted by molar-refractivity contribution is 7.92. The van der Waals surface area contributed by atoms with Crippen LogP contribution in [-0.4, -0.2) is 45.2 Å². The minimum Gasteiger partial charge on any atom is -0.305 e. The van der Waals surface area contributed by atoms with Gasteiger partial charge in [0.25, 0.3) is 0 Å². The predicted octanol–water partition coefficient (Wildman–Crippen LogP) is 0.138. The van der Waals surface area contributed by atoms with Gasteiger partial charge in [0, 0.05) is 5.54 Å². The van der Waals surface area contributed by atoms with Crippen LogP contribution < -0.4 is 5.32 Å². The highest BCUT2D eigenvalue weighted by Gasteiger charge is 2.32. The minimum atomic E-state index is -2.96. The largest absolute Gasteiger partial charge is 0.305 e. The fourth-order valence-corrected chi connectivity index (χ4v) is 3.89. The molecule has 7 nitrogen and oxygen atoms in total. The van der Waals surface area contributed by atoms with Gasteiger partial charge < -0.3 is 5.32 Å². The summed E-state index contributed by atoms with van der Waals surface area (Å²) in [5.74, 6) is 0.965. The number of hydrogen-bond acceptors (Lipinski definition) is 6. The molecule has 1 saturated heterocycles. The van der Waals surface area contributed by atoms with Crippen LogP contribution in [0.1, 0.15) is 39.4 Å². The van der Waals surface area contributed by atoms with Crippen LogP contribution in [0, 0.1) is 0 Å². The summed E-state index contributed by atoms with van der Waals surface area (Å²) in [6, 6.07) is 0. The minimum absolute atomic E-state index is 0.0315. The Labute approximate surface area is 113 Å². The molecule has 0 aromatic carbocycles. The summed E-state index contributed by atoms with van der Waals surface area (Å²) in [4.78, 5) is 0. The summed E-state index contributed by atoms with van der Waals surface area (Å²) in [5.41, 5.74) is -0.0315. The highest BCUT2D eigenvalue weighted by atomic mass is 32.2. The maximum atomic E-state index is 11.8. The molecule has 1 aliphatic rings. The van der Waals surface area contributed by atoms with E-state index in [1.54, 1.807) is 4.68 Å². The number of nitrogens with one attached hydrogen (secondary N) is 1. The molecule has 19 heavy (non-hydrogen) atoms. The zero-order chi connectivity index (χ0) is 14.1. The summed E-state index contributed by atoms with van der Waals surface area (Å²) in [5, 5.41) is 14.4. The number of nitrogens with zero attached hydrogens (tertiary/aromatic N) is 4. The quantitative estimate of drug-likeness (QED) is 0.847. The van der Waals surface area contributed by atoms with Crippen molar-refractivity contribution in [2.45, 2.75) is 57.5 Å². The van der Waals surface area contributed by atoms with Crippen molar-refractivity contribution >= 4 is 9.84 Å². The van der Waals surface area contributed by atoms with E-state index in [1.165, 1.54) is 0 Å². The number of aromatic nitrogens is 4. The van der Waals surface area contributed by atoms with E-state index < -0.39 is 9.84 Å². The Bertz CT molecular complexity index is 532. The third-order valence-electron chi connectivity index (χ3n) is 3.22. The molecule has 1 atom stereocenters. The average Bonchev–Trinajstić information content (AvgIpc) is 2.83. The third kappa shape index (κ3) is 3.73. The zero-order valence-corrected chi connectivity index (χ0v) is 12.4. The lowest BCUT2D eigenvalue weighted by atomic mass is 10.1. The monoisotopic (exact) mass is 287 g/mol. The van der Waals surface area contributed by atoms with Crippen LogP contribution in [0.3, 0.4) is 0 Å². The molecule has 8 heteroatoms. The Hall–Kier alpha value is -1.02. The van der Waals surface area contributed by atoms with Crippen molar-refractivity contribution in [3.8, 4) is 0 Å². The van der Waals surface area contributed by atoms with Gasteiger partial charge in [-0.2, -0.15) is 0 Å². The van der Waals surface area contributed by atoms with Gasteiger partial charge >= 0.3 is 0 Å². The Morgan fingerprint density at radius 2 is 2.16 bits per heavy atom. The zero-order valence-electron chi connectivity index (χ0n) is 11.6. The van der Waals surface area contributed by atoms with Gasteiger partial charge in [0.2, 0.25) is 0 Å². The van der Waals surface area contributed by atoms with E-state index in [0.717, 1.165) is 6.42 Å². The molecule has 1 aromatic rings. The van der Waals surface area contributed by atoms with Crippen molar-refractivity contribution in [2.24, 2.45) is 0 Å². The molecule has 2 rings (SSSR count). The van der Waals surface area contributed by atoms with Crippen LogP contribution in [0.25, 0.3) is 0 Å². The summed E-state index contributed by atoms with van der Waals surface area (Å²) < 4.78 is 25.2. The lowest BCUT2D eigenvalue weighted by Gasteiger charge is -2.20. The Kier molecular flexibility index (Phi) is 3.91.